The van der Waals surface area contributed by atoms with Gasteiger partial charge in [-0.3, -0.25) is 9.59 Å². The highest BCUT2D eigenvalue weighted by molar-refractivity contribution is 7.99. The minimum absolute atomic E-state index is 0.0816. The minimum atomic E-state index is -0.515. The second kappa shape index (κ2) is 9.04. The van der Waals surface area contributed by atoms with Crippen molar-refractivity contribution < 1.29 is 23.5 Å². The number of hydrogen-bond donors (Lipinski definition) is 2. The Hall–Kier alpha value is -3.60. The van der Waals surface area contributed by atoms with Crippen LogP contribution in [0, 0.1) is 5.82 Å². The van der Waals surface area contributed by atoms with Crippen molar-refractivity contribution in [3.63, 3.8) is 0 Å². The van der Waals surface area contributed by atoms with Crippen LogP contribution in [-0.4, -0.2) is 39.1 Å². The average Bonchev–Trinajstić information content (AvgIpc) is 3.35. The van der Waals surface area contributed by atoms with Crippen LogP contribution in [0.3, 0.4) is 0 Å². The molecule has 0 bridgehead atoms. The van der Waals surface area contributed by atoms with Gasteiger partial charge >= 0.3 is 0 Å². The molecule has 1 aliphatic heterocycles. The summed E-state index contributed by atoms with van der Waals surface area (Å²) in [6.45, 7) is 0.162. The SMILES string of the molecule is Cn1c(CC(=O)Nc2ccccc2F)nnc1SCC(=O)Nc1ccc2c(c1)OCO2. The Labute approximate surface area is 180 Å². The third-order valence-electron chi connectivity index (χ3n) is 4.38. The van der Waals surface area contributed by atoms with Crippen LogP contribution in [0.4, 0.5) is 15.8 Å². The number of carbonyl (C=O) groups is 2. The monoisotopic (exact) mass is 443 g/mol. The summed E-state index contributed by atoms with van der Waals surface area (Å²) in [7, 11) is 1.70. The van der Waals surface area contributed by atoms with E-state index >= 15 is 0 Å². The molecular weight excluding hydrogens is 425 g/mol. The number of benzene rings is 2. The largest absolute Gasteiger partial charge is 0.454 e. The number of nitrogens with one attached hydrogen (secondary N) is 2. The van der Waals surface area contributed by atoms with Gasteiger partial charge < -0.3 is 24.7 Å². The second-order valence-electron chi connectivity index (χ2n) is 6.57. The summed E-state index contributed by atoms with van der Waals surface area (Å²) in [5, 5.41) is 13.8. The number of nitrogens with zero attached hydrogens (tertiary/aromatic N) is 3. The Balaban J connectivity index is 1.30. The zero-order valence-electron chi connectivity index (χ0n) is 16.4. The summed E-state index contributed by atoms with van der Waals surface area (Å²) in [6.07, 6.45) is -0.0816. The molecule has 0 atom stereocenters. The fraction of sp³-hybridized carbons (Fsp3) is 0.200. The Bertz CT molecular complexity index is 1140. The number of amides is 2. The smallest absolute Gasteiger partial charge is 0.234 e. The van der Waals surface area contributed by atoms with E-state index < -0.39 is 11.7 Å². The van der Waals surface area contributed by atoms with Gasteiger partial charge in [0.15, 0.2) is 16.7 Å². The standard InChI is InChI=1S/C20H18FN5O4S/c1-26-17(9-18(27)23-14-5-3-2-4-13(14)21)24-25-20(26)31-10-19(28)22-12-6-7-15-16(8-12)30-11-29-15/h2-8H,9-11H2,1H3,(H,22,28)(H,23,27). The number of rotatable bonds is 7. The summed E-state index contributed by atoms with van der Waals surface area (Å²) in [4.78, 5) is 24.5. The number of carbonyl (C=O) groups excluding carboxylic acids is 2. The quantitative estimate of drug-likeness (QED) is 0.541. The predicted molar refractivity (Wildman–Crippen MR) is 112 cm³/mol. The van der Waals surface area contributed by atoms with Gasteiger partial charge in [-0.25, -0.2) is 4.39 Å². The Morgan fingerprint density at radius 1 is 1.10 bits per heavy atom. The highest BCUT2D eigenvalue weighted by Crippen LogP contribution is 2.34. The summed E-state index contributed by atoms with van der Waals surface area (Å²) in [5.74, 6) is 0.548. The van der Waals surface area contributed by atoms with E-state index in [2.05, 4.69) is 20.8 Å². The molecule has 11 heteroatoms. The number of fused-ring (bicyclic) bond motifs is 1. The number of para-hydroxylation sites is 1. The van der Waals surface area contributed by atoms with Crippen molar-refractivity contribution in [2.24, 2.45) is 7.05 Å². The molecule has 31 heavy (non-hydrogen) atoms. The first kappa shape index (κ1) is 20.7. The molecule has 0 fully saturated rings. The maximum atomic E-state index is 13.7. The van der Waals surface area contributed by atoms with E-state index in [1.165, 1.54) is 23.9 Å². The van der Waals surface area contributed by atoms with Gasteiger partial charge in [0.1, 0.15) is 11.6 Å². The van der Waals surface area contributed by atoms with Crippen LogP contribution in [0.25, 0.3) is 0 Å². The number of hydrogen-bond acceptors (Lipinski definition) is 7. The molecule has 1 aromatic heterocycles. The van der Waals surface area contributed by atoms with Crippen molar-refractivity contribution in [3.05, 3.63) is 54.1 Å². The minimum Gasteiger partial charge on any atom is -0.454 e. The number of aromatic nitrogens is 3. The Morgan fingerprint density at radius 2 is 1.90 bits per heavy atom. The lowest BCUT2D eigenvalue weighted by atomic mass is 10.3. The molecule has 2 heterocycles. The number of ether oxygens (including phenoxy) is 2. The maximum Gasteiger partial charge on any atom is 0.234 e. The molecule has 0 radical (unpaired) electrons. The molecule has 9 nitrogen and oxygen atoms in total. The molecule has 2 amide bonds. The van der Waals surface area contributed by atoms with Crippen molar-refractivity contribution >= 4 is 35.0 Å². The van der Waals surface area contributed by atoms with E-state index in [4.69, 9.17) is 9.47 Å². The molecule has 0 spiro atoms. The second-order valence-corrected chi connectivity index (χ2v) is 7.51. The third kappa shape index (κ3) is 4.94. The Kier molecular flexibility index (Phi) is 6.03. The van der Waals surface area contributed by atoms with Gasteiger partial charge in [-0.2, -0.15) is 0 Å². The van der Waals surface area contributed by atoms with Crippen molar-refractivity contribution in [2.75, 3.05) is 23.2 Å². The molecule has 160 valence electrons. The summed E-state index contributed by atoms with van der Waals surface area (Å²) in [5.41, 5.74) is 0.697. The molecule has 0 aliphatic carbocycles. The van der Waals surface area contributed by atoms with Gasteiger partial charge in [-0.15, -0.1) is 10.2 Å². The van der Waals surface area contributed by atoms with E-state index in [0.29, 0.717) is 28.2 Å². The third-order valence-corrected chi connectivity index (χ3v) is 5.40. The van der Waals surface area contributed by atoms with Crippen molar-refractivity contribution in [1.82, 2.24) is 14.8 Å². The Morgan fingerprint density at radius 3 is 2.74 bits per heavy atom. The first-order chi connectivity index (χ1) is 15.0. The fourth-order valence-electron chi connectivity index (χ4n) is 2.83. The predicted octanol–water partition coefficient (Wildman–Crippen LogP) is 2.59. The van der Waals surface area contributed by atoms with E-state index in [1.807, 2.05) is 0 Å². The first-order valence-electron chi connectivity index (χ1n) is 9.24. The lowest BCUT2D eigenvalue weighted by Crippen LogP contribution is -2.18. The van der Waals surface area contributed by atoms with Gasteiger partial charge in [-0.1, -0.05) is 23.9 Å². The normalized spacial score (nSPS) is 11.9. The fourth-order valence-corrected chi connectivity index (χ4v) is 3.56. The van der Waals surface area contributed by atoms with Gasteiger partial charge in [0.25, 0.3) is 0 Å². The van der Waals surface area contributed by atoms with E-state index in [9.17, 15) is 14.0 Å². The topological polar surface area (TPSA) is 107 Å². The summed E-state index contributed by atoms with van der Waals surface area (Å²) >= 11 is 1.18. The van der Waals surface area contributed by atoms with Crippen LogP contribution in [0.2, 0.25) is 0 Å². The molecule has 0 saturated heterocycles. The van der Waals surface area contributed by atoms with Crippen LogP contribution in [0.1, 0.15) is 5.82 Å². The molecule has 3 aromatic rings. The molecular formula is C20H18FN5O4S. The van der Waals surface area contributed by atoms with E-state index in [0.717, 1.165) is 0 Å². The van der Waals surface area contributed by atoms with E-state index in [1.54, 1.807) is 41.9 Å². The maximum absolute atomic E-state index is 13.7. The number of halogens is 1. The molecule has 1 aliphatic rings. The van der Waals surface area contributed by atoms with Gasteiger partial charge in [0.2, 0.25) is 18.6 Å². The van der Waals surface area contributed by atoms with Crippen LogP contribution < -0.4 is 20.1 Å². The van der Waals surface area contributed by atoms with Gasteiger partial charge in [0.05, 0.1) is 17.9 Å². The van der Waals surface area contributed by atoms with Crippen molar-refractivity contribution in [2.45, 2.75) is 11.6 Å². The average molecular weight is 443 g/mol. The highest BCUT2D eigenvalue weighted by atomic mass is 32.2. The molecule has 2 aromatic carbocycles. The molecule has 2 N–H and O–H groups in total. The zero-order chi connectivity index (χ0) is 21.8. The molecule has 0 unspecified atom stereocenters. The van der Waals surface area contributed by atoms with Gasteiger partial charge in [0, 0.05) is 18.8 Å². The van der Waals surface area contributed by atoms with Crippen molar-refractivity contribution in [3.8, 4) is 11.5 Å². The van der Waals surface area contributed by atoms with Gasteiger partial charge in [-0.05, 0) is 24.3 Å². The van der Waals surface area contributed by atoms with Crippen molar-refractivity contribution in [1.29, 1.82) is 0 Å². The van der Waals surface area contributed by atoms with Crippen LogP contribution in [0.5, 0.6) is 11.5 Å². The lowest BCUT2D eigenvalue weighted by molar-refractivity contribution is -0.116. The zero-order valence-corrected chi connectivity index (χ0v) is 17.2. The van der Waals surface area contributed by atoms with Crippen LogP contribution >= 0.6 is 11.8 Å². The van der Waals surface area contributed by atoms with Crippen LogP contribution in [-0.2, 0) is 23.1 Å². The first-order valence-corrected chi connectivity index (χ1v) is 10.2. The number of thioether (sulfide) groups is 1. The van der Waals surface area contributed by atoms with Crippen LogP contribution in [0.15, 0.2) is 47.6 Å². The highest BCUT2D eigenvalue weighted by Gasteiger charge is 2.17. The number of anilines is 2. The van der Waals surface area contributed by atoms with E-state index in [-0.39, 0.29) is 30.6 Å². The summed E-state index contributed by atoms with van der Waals surface area (Å²) < 4.78 is 25.8. The molecule has 0 saturated carbocycles. The molecule has 4 rings (SSSR count). The lowest BCUT2D eigenvalue weighted by Gasteiger charge is -2.07. The summed E-state index contributed by atoms with van der Waals surface area (Å²) in [6, 6.07) is 11.1.